The van der Waals surface area contributed by atoms with Gasteiger partial charge in [0.1, 0.15) is 5.82 Å². The molecule has 3 aromatic rings. The minimum absolute atomic E-state index is 0.00832. The third-order valence-corrected chi connectivity index (χ3v) is 6.79. The Hall–Kier alpha value is -3.54. The van der Waals surface area contributed by atoms with Gasteiger partial charge in [-0.05, 0) is 48.2 Å². The van der Waals surface area contributed by atoms with E-state index in [1.165, 1.54) is 12.1 Å². The Morgan fingerprint density at radius 3 is 2.76 bits per heavy atom. The molecular formula is C27H26FN3O2. The number of carbonyl (C=O) groups excluding carboxylic acids is 2. The van der Waals surface area contributed by atoms with Crippen LogP contribution in [0, 0.1) is 5.82 Å². The maximum atomic E-state index is 14.0. The topological polar surface area (TPSA) is 62.3 Å². The number of piperidine rings is 1. The molecule has 33 heavy (non-hydrogen) atoms. The molecule has 0 radical (unpaired) electrons. The van der Waals surface area contributed by atoms with Crippen LogP contribution in [0.1, 0.15) is 52.4 Å². The van der Waals surface area contributed by atoms with Crippen molar-refractivity contribution in [1.82, 2.24) is 15.2 Å². The van der Waals surface area contributed by atoms with Crippen molar-refractivity contribution >= 4 is 11.8 Å². The fourth-order valence-electron chi connectivity index (χ4n) is 5.26. The summed E-state index contributed by atoms with van der Waals surface area (Å²) in [6, 6.07) is 20.1. The molecule has 0 unspecified atom stereocenters. The highest BCUT2D eigenvalue weighted by Crippen LogP contribution is 2.42. The number of nitrogens with one attached hydrogen (secondary N) is 1. The zero-order valence-electron chi connectivity index (χ0n) is 18.3. The lowest BCUT2D eigenvalue weighted by atomic mass is 9.76. The summed E-state index contributed by atoms with van der Waals surface area (Å²) < 4.78 is 14.0. The van der Waals surface area contributed by atoms with E-state index in [9.17, 15) is 14.0 Å². The molecule has 1 N–H and O–H groups in total. The molecule has 2 atom stereocenters. The van der Waals surface area contributed by atoms with E-state index in [1.807, 2.05) is 42.5 Å². The highest BCUT2D eigenvalue weighted by Gasteiger charge is 2.50. The van der Waals surface area contributed by atoms with Crippen molar-refractivity contribution in [3.63, 3.8) is 0 Å². The normalized spacial score (nSPS) is 22.4. The lowest BCUT2D eigenvalue weighted by Gasteiger charge is -2.39. The van der Waals surface area contributed by atoms with Crippen molar-refractivity contribution in [2.24, 2.45) is 0 Å². The first-order valence-electron chi connectivity index (χ1n) is 11.4. The molecule has 5 rings (SSSR count). The van der Waals surface area contributed by atoms with E-state index in [4.69, 9.17) is 0 Å². The average Bonchev–Trinajstić information content (AvgIpc) is 3.17. The number of rotatable bonds is 4. The Morgan fingerprint density at radius 1 is 1.12 bits per heavy atom. The lowest BCUT2D eigenvalue weighted by molar-refractivity contribution is -0.125. The Bertz CT molecular complexity index is 1180. The van der Waals surface area contributed by atoms with E-state index in [2.05, 4.69) is 10.3 Å². The molecule has 0 bridgehead atoms. The van der Waals surface area contributed by atoms with Crippen LogP contribution in [0.25, 0.3) is 0 Å². The number of hydrogen-bond donors (Lipinski definition) is 1. The average molecular weight is 444 g/mol. The van der Waals surface area contributed by atoms with Crippen LogP contribution in [0.3, 0.4) is 0 Å². The summed E-state index contributed by atoms with van der Waals surface area (Å²) in [4.78, 5) is 32.1. The largest absolute Gasteiger partial charge is 0.348 e. The van der Waals surface area contributed by atoms with Gasteiger partial charge >= 0.3 is 0 Å². The zero-order valence-corrected chi connectivity index (χ0v) is 18.3. The molecule has 2 amide bonds. The summed E-state index contributed by atoms with van der Waals surface area (Å²) in [7, 11) is 0. The van der Waals surface area contributed by atoms with Crippen LogP contribution >= 0.6 is 0 Å². The Labute approximate surface area is 192 Å². The van der Waals surface area contributed by atoms with Crippen LogP contribution in [0.15, 0.2) is 72.9 Å². The first-order valence-corrected chi connectivity index (χ1v) is 11.4. The number of likely N-dealkylation sites (tertiary alicyclic amines) is 1. The maximum absolute atomic E-state index is 14.0. The molecule has 0 saturated carbocycles. The first-order chi connectivity index (χ1) is 16.0. The molecule has 168 valence electrons. The molecule has 2 aliphatic rings. The molecule has 3 heterocycles. The highest BCUT2D eigenvalue weighted by atomic mass is 19.1. The minimum Gasteiger partial charge on any atom is -0.348 e. The van der Waals surface area contributed by atoms with Crippen LogP contribution in [0.2, 0.25) is 0 Å². The first kappa shape index (κ1) is 21.3. The lowest BCUT2D eigenvalue weighted by Crippen LogP contribution is -2.56. The Kier molecular flexibility index (Phi) is 5.67. The van der Waals surface area contributed by atoms with Gasteiger partial charge in [0, 0.05) is 49.3 Å². The maximum Gasteiger partial charge on any atom is 0.254 e. The second kappa shape index (κ2) is 8.77. The van der Waals surface area contributed by atoms with Crippen LogP contribution in [0.5, 0.6) is 0 Å². The second-order valence-corrected chi connectivity index (χ2v) is 9.05. The van der Waals surface area contributed by atoms with Gasteiger partial charge in [0.15, 0.2) is 0 Å². The van der Waals surface area contributed by atoms with Crippen molar-refractivity contribution in [2.45, 2.75) is 37.1 Å². The molecular weight excluding hydrogens is 417 g/mol. The van der Waals surface area contributed by atoms with Crippen molar-refractivity contribution in [2.75, 3.05) is 13.1 Å². The molecule has 0 aliphatic carbocycles. The van der Waals surface area contributed by atoms with E-state index in [0.29, 0.717) is 31.5 Å². The number of benzene rings is 2. The molecule has 2 aromatic carbocycles. The van der Waals surface area contributed by atoms with Gasteiger partial charge in [0.25, 0.3) is 5.91 Å². The molecule has 1 aromatic heterocycles. The van der Waals surface area contributed by atoms with Crippen molar-refractivity contribution < 1.29 is 14.0 Å². The summed E-state index contributed by atoms with van der Waals surface area (Å²) in [6.45, 7) is 0.841. The zero-order chi connectivity index (χ0) is 22.8. The van der Waals surface area contributed by atoms with E-state index in [1.54, 1.807) is 23.2 Å². The van der Waals surface area contributed by atoms with Gasteiger partial charge in [-0.2, -0.15) is 0 Å². The molecule has 2 aliphatic heterocycles. The summed E-state index contributed by atoms with van der Waals surface area (Å²) in [6.07, 6.45) is 4.33. The number of aromatic nitrogens is 1. The fourth-order valence-corrected chi connectivity index (χ4v) is 5.26. The van der Waals surface area contributed by atoms with Crippen LogP contribution in [0.4, 0.5) is 4.39 Å². The molecule has 1 spiro atoms. The van der Waals surface area contributed by atoms with Gasteiger partial charge in [-0.1, -0.05) is 42.5 Å². The predicted molar refractivity (Wildman–Crippen MR) is 123 cm³/mol. The van der Waals surface area contributed by atoms with Gasteiger partial charge in [-0.15, -0.1) is 0 Å². The summed E-state index contributed by atoms with van der Waals surface area (Å²) in [5.74, 6) is -0.572. The minimum atomic E-state index is -0.571. The van der Waals surface area contributed by atoms with E-state index in [-0.39, 0.29) is 23.5 Å². The number of nitrogens with zero attached hydrogens (tertiary/aromatic N) is 2. The number of carbonyl (C=O) groups is 2. The quantitative estimate of drug-likeness (QED) is 0.661. The van der Waals surface area contributed by atoms with Gasteiger partial charge in [0.05, 0.1) is 5.54 Å². The third-order valence-electron chi connectivity index (χ3n) is 6.79. The number of hydrogen-bond acceptors (Lipinski definition) is 3. The Morgan fingerprint density at radius 2 is 1.97 bits per heavy atom. The third kappa shape index (κ3) is 4.38. The number of amides is 2. The standard InChI is InChI=1S/C27H26FN3O2/c28-22-9-4-8-20(15-22)24-17-31(18-27(24)12-5-10-25(32)30-27)26(33)21-11-13-29-23(16-21)14-19-6-2-1-3-7-19/h1-4,6-9,11,13,15-16,24H,5,10,12,14,17-18H2,(H,30,32)/t24-,27+/m0/s1. The molecule has 5 nitrogen and oxygen atoms in total. The van der Waals surface area contributed by atoms with E-state index in [0.717, 1.165) is 29.7 Å². The number of pyridine rings is 1. The predicted octanol–water partition coefficient (Wildman–Crippen LogP) is 4.09. The van der Waals surface area contributed by atoms with E-state index < -0.39 is 5.54 Å². The van der Waals surface area contributed by atoms with Crippen molar-refractivity contribution in [3.8, 4) is 0 Å². The molecule has 2 saturated heterocycles. The van der Waals surface area contributed by atoms with Gasteiger partial charge in [-0.25, -0.2) is 4.39 Å². The highest BCUT2D eigenvalue weighted by molar-refractivity contribution is 5.95. The monoisotopic (exact) mass is 443 g/mol. The van der Waals surface area contributed by atoms with Crippen LogP contribution < -0.4 is 5.32 Å². The van der Waals surface area contributed by atoms with E-state index >= 15 is 0 Å². The SMILES string of the molecule is O=C1CCC[C@]2(CN(C(=O)c3ccnc(Cc4ccccc4)c3)C[C@H]2c2cccc(F)c2)N1. The van der Waals surface area contributed by atoms with Crippen LogP contribution in [-0.4, -0.2) is 40.3 Å². The summed E-state index contributed by atoms with van der Waals surface area (Å²) >= 11 is 0. The second-order valence-electron chi connectivity index (χ2n) is 9.05. The smallest absolute Gasteiger partial charge is 0.254 e. The van der Waals surface area contributed by atoms with Crippen molar-refractivity contribution in [3.05, 3.63) is 101 Å². The molecule has 6 heteroatoms. The van der Waals surface area contributed by atoms with Crippen LogP contribution in [-0.2, 0) is 11.2 Å². The van der Waals surface area contributed by atoms with Gasteiger partial charge in [0.2, 0.25) is 5.91 Å². The van der Waals surface area contributed by atoms with Gasteiger partial charge < -0.3 is 10.2 Å². The summed E-state index contributed by atoms with van der Waals surface area (Å²) in [5, 5.41) is 3.17. The molecule has 2 fully saturated rings. The Balaban J connectivity index is 1.42. The van der Waals surface area contributed by atoms with Gasteiger partial charge in [-0.3, -0.25) is 14.6 Å². The van der Waals surface area contributed by atoms with Crippen molar-refractivity contribution in [1.29, 1.82) is 0 Å². The summed E-state index contributed by atoms with van der Waals surface area (Å²) in [5.41, 5.74) is 2.78. The fraction of sp³-hybridized carbons (Fsp3) is 0.296. The number of halogens is 1.